The Balaban J connectivity index is 1.58. The van der Waals surface area contributed by atoms with E-state index in [1.54, 1.807) is 47.7 Å². The van der Waals surface area contributed by atoms with Gasteiger partial charge in [0, 0.05) is 29.5 Å². The Morgan fingerprint density at radius 1 is 1.18 bits per heavy atom. The summed E-state index contributed by atoms with van der Waals surface area (Å²) in [5.74, 6) is -2.32. The molecule has 0 radical (unpaired) electrons. The third-order valence-electron chi connectivity index (χ3n) is 3.96. The number of alkyl halides is 3. The molecule has 0 fully saturated rings. The van der Waals surface area contributed by atoms with Crippen molar-refractivity contribution in [3.05, 3.63) is 61.2 Å². The molecule has 0 saturated heterocycles. The standard InChI is InChI=1S/C18H12F3N5O2/c19-18(20,21)17(27)28-25-13-3-1-2-11(8-13)12-9-24-26(10-12)15-5-7-23-16-14(15)4-6-22-16/h1-10,25H,(H,22,23). The maximum Gasteiger partial charge on any atom is 0.493 e. The maximum absolute atomic E-state index is 12.2. The molecule has 3 heterocycles. The van der Waals surface area contributed by atoms with Crippen molar-refractivity contribution in [2.45, 2.75) is 6.18 Å². The number of fused-ring (bicyclic) bond motifs is 1. The molecule has 7 nitrogen and oxygen atoms in total. The predicted octanol–water partition coefficient (Wildman–Crippen LogP) is 3.85. The second kappa shape index (κ2) is 6.72. The molecule has 0 aliphatic heterocycles. The summed E-state index contributed by atoms with van der Waals surface area (Å²) in [6, 6.07) is 10.1. The van der Waals surface area contributed by atoms with Crippen LogP contribution in [-0.2, 0) is 9.63 Å². The summed E-state index contributed by atoms with van der Waals surface area (Å²) in [6.07, 6.45) is 1.78. The number of nitrogens with zero attached hydrogens (tertiary/aromatic N) is 3. The molecule has 0 saturated carbocycles. The molecule has 2 N–H and O–H groups in total. The van der Waals surface area contributed by atoms with Gasteiger partial charge in [-0.15, -0.1) is 0 Å². The van der Waals surface area contributed by atoms with Gasteiger partial charge in [0.1, 0.15) is 5.65 Å². The van der Waals surface area contributed by atoms with Crippen LogP contribution in [0.5, 0.6) is 0 Å². The number of anilines is 1. The average Bonchev–Trinajstić information content (AvgIpc) is 3.34. The highest BCUT2D eigenvalue weighted by Gasteiger charge is 2.41. The van der Waals surface area contributed by atoms with Gasteiger partial charge < -0.3 is 9.82 Å². The van der Waals surface area contributed by atoms with Crippen molar-refractivity contribution in [3.63, 3.8) is 0 Å². The lowest BCUT2D eigenvalue weighted by atomic mass is 10.1. The summed E-state index contributed by atoms with van der Waals surface area (Å²) in [5, 5.41) is 5.24. The van der Waals surface area contributed by atoms with Crippen molar-refractivity contribution in [1.29, 1.82) is 0 Å². The smallest absolute Gasteiger partial charge is 0.346 e. The first-order valence-corrected chi connectivity index (χ1v) is 8.03. The quantitative estimate of drug-likeness (QED) is 0.520. The number of rotatable bonds is 4. The summed E-state index contributed by atoms with van der Waals surface area (Å²) < 4.78 is 38.3. The van der Waals surface area contributed by atoms with Crippen LogP contribution in [0.4, 0.5) is 18.9 Å². The predicted molar refractivity (Wildman–Crippen MR) is 94.4 cm³/mol. The molecule has 0 atom stereocenters. The number of H-pyrrole nitrogens is 1. The summed E-state index contributed by atoms with van der Waals surface area (Å²) in [5.41, 5.74) is 5.17. The van der Waals surface area contributed by atoms with Gasteiger partial charge in [-0.05, 0) is 29.8 Å². The lowest BCUT2D eigenvalue weighted by Gasteiger charge is -2.09. The van der Waals surface area contributed by atoms with Crippen LogP contribution in [0.1, 0.15) is 0 Å². The van der Waals surface area contributed by atoms with Gasteiger partial charge in [0.15, 0.2) is 0 Å². The molecule has 4 aromatic rings. The van der Waals surface area contributed by atoms with Crippen molar-refractivity contribution in [2.75, 3.05) is 5.48 Å². The number of carbonyl (C=O) groups excluding carboxylic acids is 1. The highest BCUT2D eigenvalue weighted by atomic mass is 19.4. The van der Waals surface area contributed by atoms with E-state index in [1.807, 2.05) is 17.6 Å². The highest BCUT2D eigenvalue weighted by molar-refractivity contribution is 5.84. The zero-order chi connectivity index (χ0) is 19.7. The third kappa shape index (κ3) is 3.39. The molecule has 0 unspecified atom stereocenters. The molecule has 0 spiro atoms. The summed E-state index contributed by atoms with van der Waals surface area (Å²) in [6.45, 7) is 0. The Morgan fingerprint density at radius 3 is 2.86 bits per heavy atom. The van der Waals surface area contributed by atoms with Crippen molar-refractivity contribution < 1.29 is 22.8 Å². The van der Waals surface area contributed by atoms with Gasteiger partial charge in [-0.25, -0.2) is 19.9 Å². The molecule has 3 aromatic heterocycles. The molecule has 0 aliphatic rings. The average molecular weight is 387 g/mol. The molecule has 1 aromatic carbocycles. The van der Waals surface area contributed by atoms with E-state index in [4.69, 9.17) is 0 Å². The van der Waals surface area contributed by atoms with Gasteiger partial charge in [-0.3, -0.25) is 0 Å². The Morgan fingerprint density at radius 2 is 2.04 bits per heavy atom. The van der Waals surface area contributed by atoms with Crippen molar-refractivity contribution >= 4 is 22.7 Å². The highest BCUT2D eigenvalue weighted by Crippen LogP contribution is 2.26. The fourth-order valence-electron chi connectivity index (χ4n) is 2.68. The summed E-state index contributed by atoms with van der Waals surface area (Å²) in [4.78, 5) is 22.1. The van der Waals surface area contributed by atoms with Gasteiger partial charge in [0.2, 0.25) is 0 Å². The number of hydrogen-bond donors (Lipinski definition) is 2. The van der Waals surface area contributed by atoms with Crippen LogP contribution in [0.3, 0.4) is 0 Å². The Labute approximate surface area is 155 Å². The minimum atomic E-state index is -5.07. The molecule has 10 heteroatoms. The fourth-order valence-corrected chi connectivity index (χ4v) is 2.68. The molecular formula is C18H12F3N5O2. The second-order valence-corrected chi connectivity index (χ2v) is 5.81. The number of aromatic amines is 1. The number of pyridine rings is 1. The monoisotopic (exact) mass is 387 g/mol. The van der Waals surface area contributed by atoms with Crippen molar-refractivity contribution in [3.8, 4) is 16.8 Å². The minimum Gasteiger partial charge on any atom is -0.346 e. The van der Waals surface area contributed by atoms with Gasteiger partial charge >= 0.3 is 12.1 Å². The van der Waals surface area contributed by atoms with Crippen LogP contribution >= 0.6 is 0 Å². The Hall–Kier alpha value is -3.82. The third-order valence-corrected chi connectivity index (χ3v) is 3.96. The molecule has 4 rings (SSSR count). The number of halogens is 3. The van der Waals surface area contributed by atoms with E-state index in [0.29, 0.717) is 5.56 Å². The number of hydrogen-bond acceptors (Lipinski definition) is 5. The number of carbonyl (C=O) groups is 1. The van der Waals surface area contributed by atoms with E-state index in [9.17, 15) is 18.0 Å². The molecule has 0 amide bonds. The van der Waals surface area contributed by atoms with E-state index in [0.717, 1.165) is 22.3 Å². The van der Waals surface area contributed by atoms with Crippen LogP contribution in [0.2, 0.25) is 0 Å². The molecule has 142 valence electrons. The topological polar surface area (TPSA) is 84.8 Å². The zero-order valence-electron chi connectivity index (χ0n) is 14.1. The van der Waals surface area contributed by atoms with Gasteiger partial charge in [-0.2, -0.15) is 18.3 Å². The van der Waals surface area contributed by atoms with Crippen molar-refractivity contribution in [1.82, 2.24) is 19.7 Å². The largest absolute Gasteiger partial charge is 0.493 e. The summed E-state index contributed by atoms with van der Waals surface area (Å²) >= 11 is 0. The van der Waals surface area contributed by atoms with Gasteiger partial charge in [0.05, 0.1) is 17.6 Å². The zero-order valence-corrected chi connectivity index (χ0v) is 14.1. The van der Waals surface area contributed by atoms with Crippen LogP contribution < -0.4 is 5.48 Å². The van der Waals surface area contributed by atoms with E-state index in [2.05, 4.69) is 19.9 Å². The first-order chi connectivity index (χ1) is 13.4. The molecular weight excluding hydrogens is 375 g/mol. The number of benzene rings is 1. The first-order valence-electron chi connectivity index (χ1n) is 8.03. The Kier molecular flexibility index (Phi) is 4.22. The van der Waals surface area contributed by atoms with Gasteiger partial charge in [-0.1, -0.05) is 12.1 Å². The van der Waals surface area contributed by atoms with E-state index in [-0.39, 0.29) is 5.69 Å². The number of aromatic nitrogens is 4. The fraction of sp³-hybridized carbons (Fsp3) is 0.0556. The maximum atomic E-state index is 12.2. The van der Waals surface area contributed by atoms with Crippen LogP contribution in [0.25, 0.3) is 27.8 Å². The van der Waals surface area contributed by atoms with Gasteiger partial charge in [0.25, 0.3) is 0 Å². The van der Waals surface area contributed by atoms with Crippen LogP contribution in [0.15, 0.2) is 61.2 Å². The minimum absolute atomic E-state index is 0.194. The van der Waals surface area contributed by atoms with Crippen LogP contribution in [0, 0.1) is 0 Å². The SMILES string of the molecule is O=C(ONc1cccc(-c2cnn(-c3ccnc4[nH]ccc34)c2)c1)C(F)(F)F. The van der Waals surface area contributed by atoms with E-state index in [1.165, 1.54) is 6.07 Å². The van der Waals surface area contributed by atoms with E-state index < -0.39 is 12.1 Å². The normalized spacial score (nSPS) is 11.5. The van der Waals surface area contributed by atoms with Crippen LogP contribution in [-0.4, -0.2) is 31.9 Å². The number of nitrogens with one attached hydrogen (secondary N) is 2. The summed E-state index contributed by atoms with van der Waals surface area (Å²) in [7, 11) is 0. The first kappa shape index (κ1) is 17.6. The lowest BCUT2D eigenvalue weighted by Crippen LogP contribution is -2.27. The Bertz CT molecular complexity index is 1150. The molecule has 0 aliphatic carbocycles. The molecule has 28 heavy (non-hydrogen) atoms. The second-order valence-electron chi connectivity index (χ2n) is 5.81. The van der Waals surface area contributed by atoms with E-state index >= 15 is 0 Å². The van der Waals surface area contributed by atoms with Crippen molar-refractivity contribution in [2.24, 2.45) is 0 Å². The molecule has 0 bridgehead atoms. The lowest BCUT2D eigenvalue weighted by molar-refractivity contribution is -0.196.